The number of rotatable bonds is 5. The zero-order valence-corrected chi connectivity index (χ0v) is 18.6. The van der Waals surface area contributed by atoms with Crippen LogP contribution in [0.4, 0.5) is 24.7 Å². The van der Waals surface area contributed by atoms with Crippen LogP contribution in [-0.4, -0.2) is 22.9 Å². The molecule has 0 aliphatic carbocycles. The summed E-state index contributed by atoms with van der Waals surface area (Å²) in [5, 5.41) is 6.63. The number of fused-ring (bicyclic) bond motifs is 1. The molecule has 0 atom stereocenters. The fourth-order valence-corrected chi connectivity index (χ4v) is 3.64. The molecule has 0 spiro atoms. The van der Waals surface area contributed by atoms with Gasteiger partial charge >= 0.3 is 6.18 Å². The topological polar surface area (TPSA) is 92.9 Å². The summed E-state index contributed by atoms with van der Waals surface area (Å²) in [6, 6.07) is 14.8. The number of benzene rings is 3. The summed E-state index contributed by atoms with van der Waals surface area (Å²) < 4.78 is 39.5. The molecule has 4 rings (SSSR count). The Morgan fingerprint density at radius 1 is 1.06 bits per heavy atom. The number of nitrogens with one attached hydrogen (secondary N) is 2. The van der Waals surface area contributed by atoms with Crippen LogP contribution in [-0.2, 0) is 12.7 Å². The molecule has 0 aliphatic rings. The molecule has 174 valence electrons. The van der Waals surface area contributed by atoms with Crippen LogP contribution < -0.4 is 16.4 Å². The lowest BCUT2D eigenvalue weighted by Gasteiger charge is -2.12. The number of nitrogens with two attached hydrogens (primary N) is 1. The van der Waals surface area contributed by atoms with Crippen molar-refractivity contribution in [3.05, 3.63) is 82.4 Å². The summed E-state index contributed by atoms with van der Waals surface area (Å²) in [7, 11) is 1.65. The summed E-state index contributed by atoms with van der Waals surface area (Å²) >= 11 is 6.17. The summed E-state index contributed by atoms with van der Waals surface area (Å²) in [4.78, 5) is 21.6. The lowest BCUT2D eigenvalue weighted by molar-refractivity contribution is -0.137. The Bertz CT molecular complexity index is 1390. The lowest BCUT2D eigenvalue weighted by Crippen LogP contribution is -2.13. The molecule has 0 aliphatic heterocycles. The van der Waals surface area contributed by atoms with Crippen LogP contribution in [0.25, 0.3) is 22.3 Å². The van der Waals surface area contributed by atoms with Crippen molar-refractivity contribution in [2.24, 2.45) is 5.73 Å². The highest BCUT2D eigenvalue weighted by molar-refractivity contribution is 6.34. The minimum Gasteiger partial charge on any atom is -0.373 e. The molecule has 3 aromatic carbocycles. The molecular weight excluding hydrogens is 467 g/mol. The first kappa shape index (κ1) is 23.5. The van der Waals surface area contributed by atoms with Gasteiger partial charge in [-0.05, 0) is 48.0 Å². The molecule has 0 saturated carbocycles. The molecule has 4 N–H and O–H groups in total. The molecule has 6 nitrogen and oxygen atoms in total. The maximum Gasteiger partial charge on any atom is 0.416 e. The molecule has 10 heteroatoms. The lowest BCUT2D eigenvalue weighted by atomic mass is 10.1. The van der Waals surface area contributed by atoms with Crippen molar-refractivity contribution in [1.29, 1.82) is 0 Å². The number of aromatic nitrogens is 2. The van der Waals surface area contributed by atoms with E-state index < -0.39 is 17.6 Å². The number of hydrogen-bond acceptors (Lipinski definition) is 5. The van der Waals surface area contributed by atoms with Gasteiger partial charge in [-0.2, -0.15) is 13.2 Å². The molecule has 0 saturated heterocycles. The van der Waals surface area contributed by atoms with E-state index in [4.69, 9.17) is 17.3 Å². The fourth-order valence-electron chi connectivity index (χ4n) is 3.43. The van der Waals surface area contributed by atoms with Gasteiger partial charge in [0.15, 0.2) is 5.82 Å². The van der Waals surface area contributed by atoms with Crippen LogP contribution in [0.15, 0.2) is 60.7 Å². The van der Waals surface area contributed by atoms with Crippen molar-refractivity contribution in [2.75, 3.05) is 17.7 Å². The van der Waals surface area contributed by atoms with Crippen LogP contribution in [0.1, 0.15) is 21.5 Å². The summed E-state index contributed by atoms with van der Waals surface area (Å²) in [6.07, 6.45) is -4.49. The Hall–Kier alpha value is -3.69. The second-order valence-electron chi connectivity index (χ2n) is 7.43. The Kier molecular flexibility index (Phi) is 6.41. The van der Waals surface area contributed by atoms with Gasteiger partial charge in [-0.15, -0.1) is 0 Å². The standard InChI is InChI=1S/C24H19ClF3N5O/c1-30-22-17-7-6-16(31-23(34)18-9-13(12-29)5-8-19(18)25)11-20(17)32-21(33-22)14-3-2-4-15(10-14)24(26,27)28/h2-11H,12,29H2,1H3,(H,31,34)(H,30,32,33). The van der Waals surface area contributed by atoms with E-state index in [1.807, 2.05) is 0 Å². The van der Waals surface area contributed by atoms with Crippen LogP contribution in [0.3, 0.4) is 0 Å². The minimum absolute atomic E-state index is 0.116. The van der Waals surface area contributed by atoms with E-state index in [0.717, 1.165) is 17.7 Å². The average Bonchev–Trinajstić information content (AvgIpc) is 2.83. The quantitative estimate of drug-likeness (QED) is 0.336. The van der Waals surface area contributed by atoms with E-state index in [2.05, 4.69) is 20.6 Å². The van der Waals surface area contributed by atoms with Gasteiger partial charge in [0, 0.05) is 30.2 Å². The van der Waals surface area contributed by atoms with Crippen LogP contribution in [0, 0.1) is 0 Å². The van der Waals surface area contributed by atoms with Crippen LogP contribution >= 0.6 is 11.6 Å². The maximum absolute atomic E-state index is 13.2. The third-order valence-electron chi connectivity index (χ3n) is 5.15. The zero-order chi connectivity index (χ0) is 24.5. The molecule has 0 radical (unpaired) electrons. The molecule has 1 amide bonds. The van der Waals surface area contributed by atoms with E-state index in [0.29, 0.717) is 22.4 Å². The second-order valence-corrected chi connectivity index (χ2v) is 7.84. The number of amides is 1. The van der Waals surface area contributed by atoms with E-state index >= 15 is 0 Å². The van der Waals surface area contributed by atoms with Crippen molar-refractivity contribution >= 4 is 39.9 Å². The Morgan fingerprint density at radius 3 is 2.56 bits per heavy atom. The summed E-state index contributed by atoms with van der Waals surface area (Å²) in [5.41, 5.74) is 6.97. The largest absolute Gasteiger partial charge is 0.416 e. The SMILES string of the molecule is CNc1nc(-c2cccc(C(F)(F)F)c2)nc2cc(NC(=O)c3cc(CN)ccc3Cl)ccc12. The smallest absolute Gasteiger partial charge is 0.373 e. The average molecular weight is 486 g/mol. The maximum atomic E-state index is 13.2. The third kappa shape index (κ3) is 4.80. The number of anilines is 2. The molecule has 0 bridgehead atoms. The molecule has 1 heterocycles. The van der Waals surface area contributed by atoms with Gasteiger partial charge < -0.3 is 16.4 Å². The number of alkyl halides is 3. The Balaban J connectivity index is 1.73. The number of carbonyl (C=O) groups excluding carboxylic acids is 1. The van der Waals surface area contributed by atoms with E-state index in [1.54, 1.807) is 43.4 Å². The van der Waals surface area contributed by atoms with Crippen LogP contribution in [0.5, 0.6) is 0 Å². The predicted molar refractivity (Wildman–Crippen MR) is 127 cm³/mol. The Morgan fingerprint density at radius 2 is 1.85 bits per heavy atom. The first-order chi connectivity index (χ1) is 16.2. The van der Waals surface area contributed by atoms with Gasteiger partial charge in [0.05, 0.1) is 21.7 Å². The monoisotopic (exact) mass is 485 g/mol. The number of nitrogens with zero attached hydrogens (tertiary/aromatic N) is 2. The number of halogens is 4. The number of hydrogen-bond donors (Lipinski definition) is 3. The molecular formula is C24H19ClF3N5O. The first-order valence-electron chi connectivity index (χ1n) is 10.2. The molecule has 0 unspecified atom stereocenters. The molecule has 0 fully saturated rings. The van der Waals surface area contributed by atoms with Crippen molar-refractivity contribution in [1.82, 2.24) is 9.97 Å². The van der Waals surface area contributed by atoms with Gasteiger partial charge in [-0.3, -0.25) is 4.79 Å². The normalized spacial score (nSPS) is 11.5. The fraction of sp³-hybridized carbons (Fsp3) is 0.125. The highest BCUT2D eigenvalue weighted by Crippen LogP contribution is 2.33. The van der Waals surface area contributed by atoms with Crippen molar-refractivity contribution in [3.8, 4) is 11.4 Å². The molecule has 34 heavy (non-hydrogen) atoms. The zero-order valence-electron chi connectivity index (χ0n) is 17.9. The molecule has 4 aromatic rings. The van der Waals surface area contributed by atoms with Crippen molar-refractivity contribution < 1.29 is 18.0 Å². The minimum atomic E-state index is -4.49. The van der Waals surface area contributed by atoms with E-state index in [-0.39, 0.29) is 28.5 Å². The summed E-state index contributed by atoms with van der Waals surface area (Å²) in [6.45, 7) is 0.259. The van der Waals surface area contributed by atoms with Gasteiger partial charge in [0.1, 0.15) is 5.82 Å². The van der Waals surface area contributed by atoms with Crippen LogP contribution in [0.2, 0.25) is 5.02 Å². The van der Waals surface area contributed by atoms with E-state index in [1.165, 1.54) is 12.1 Å². The van der Waals surface area contributed by atoms with Crippen molar-refractivity contribution in [2.45, 2.75) is 12.7 Å². The van der Waals surface area contributed by atoms with E-state index in [9.17, 15) is 18.0 Å². The first-order valence-corrected chi connectivity index (χ1v) is 10.5. The van der Waals surface area contributed by atoms with Gasteiger partial charge in [-0.1, -0.05) is 29.8 Å². The molecule has 1 aromatic heterocycles. The predicted octanol–water partition coefficient (Wildman–Crippen LogP) is 5.72. The second kappa shape index (κ2) is 9.28. The number of carbonyl (C=O) groups is 1. The van der Waals surface area contributed by atoms with Gasteiger partial charge in [0.25, 0.3) is 5.91 Å². The van der Waals surface area contributed by atoms with Gasteiger partial charge in [-0.25, -0.2) is 9.97 Å². The summed E-state index contributed by atoms with van der Waals surface area (Å²) in [5.74, 6) is 0.125. The highest BCUT2D eigenvalue weighted by Gasteiger charge is 2.30. The third-order valence-corrected chi connectivity index (χ3v) is 5.48. The highest BCUT2D eigenvalue weighted by atomic mass is 35.5. The van der Waals surface area contributed by atoms with Gasteiger partial charge in [0.2, 0.25) is 0 Å². The Labute approximate surface area is 198 Å². The van der Waals surface area contributed by atoms with Crippen molar-refractivity contribution in [3.63, 3.8) is 0 Å².